The van der Waals surface area contributed by atoms with Gasteiger partial charge in [-0.1, -0.05) is 48.4 Å². The summed E-state index contributed by atoms with van der Waals surface area (Å²) in [6.07, 6.45) is 0.744. The third-order valence-corrected chi connectivity index (χ3v) is 4.13. The van der Waals surface area contributed by atoms with Crippen molar-refractivity contribution in [3.63, 3.8) is 0 Å². The van der Waals surface area contributed by atoms with Crippen molar-refractivity contribution >= 4 is 11.9 Å². The summed E-state index contributed by atoms with van der Waals surface area (Å²) in [5, 5.41) is 2.90. The number of carbonyl (C=O) groups excluding carboxylic acids is 2. The van der Waals surface area contributed by atoms with Gasteiger partial charge in [0, 0.05) is 0 Å². The number of hydrogen-bond acceptors (Lipinski definition) is 4. The Morgan fingerprint density at radius 2 is 1.69 bits per heavy atom. The van der Waals surface area contributed by atoms with E-state index in [0.717, 1.165) is 23.1 Å². The topological polar surface area (TPSA) is 64.6 Å². The molecule has 1 amide bonds. The summed E-state index contributed by atoms with van der Waals surface area (Å²) in [6, 6.07) is 13.1. The van der Waals surface area contributed by atoms with E-state index in [1.165, 1.54) is 7.11 Å². The summed E-state index contributed by atoms with van der Waals surface area (Å²) in [6.45, 7) is 5.55. The molecule has 0 aliphatic carbocycles. The number of amides is 1. The Balaban J connectivity index is 1.96. The zero-order valence-electron chi connectivity index (χ0n) is 15.7. The molecule has 1 N–H and O–H groups in total. The number of carbonyl (C=O) groups is 2. The van der Waals surface area contributed by atoms with Crippen LogP contribution >= 0.6 is 0 Å². The average molecular weight is 355 g/mol. The Hall–Kier alpha value is -2.82. The zero-order chi connectivity index (χ0) is 19.1. The van der Waals surface area contributed by atoms with Gasteiger partial charge in [0.15, 0.2) is 6.61 Å². The second-order valence-corrected chi connectivity index (χ2v) is 6.22. The Kier molecular flexibility index (Phi) is 6.78. The van der Waals surface area contributed by atoms with Gasteiger partial charge in [0.1, 0.15) is 11.3 Å². The molecule has 0 aliphatic rings. The lowest BCUT2D eigenvalue weighted by atomic mass is 10.0. The van der Waals surface area contributed by atoms with E-state index < -0.39 is 5.97 Å². The molecule has 0 saturated heterocycles. The first-order chi connectivity index (χ1) is 12.4. The first-order valence-corrected chi connectivity index (χ1v) is 8.62. The van der Waals surface area contributed by atoms with Gasteiger partial charge in [-0.2, -0.15) is 0 Å². The molecule has 0 fully saturated rings. The Morgan fingerprint density at radius 3 is 2.31 bits per heavy atom. The van der Waals surface area contributed by atoms with Crippen LogP contribution in [-0.2, 0) is 9.53 Å². The number of hydrogen-bond donors (Lipinski definition) is 1. The average Bonchev–Trinajstić information content (AvgIpc) is 2.65. The lowest BCUT2D eigenvalue weighted by Crippen LogP contribution is -2.32. The number of nitrogens with one attached hydrogen (secondary N) is 1. The van der Waals surface area contributed by atoms with Crippen LogP contribution in [0.4, 0.5) is 0 Å². The first-order valence-electron chi connectivity index (χ1n) is 8.62. The second-order valence-electron chi connectivity index (χ2n) is 6.22. The molecule has 5 heteroatoms. The van der Waals surface area contributed by atoms with Gasteiger partial charge in [0.25, 0.3) is 5.91 Å². The highest BCUT2D eigenvalue weighted by atomic mass is 16.5. The standard InChI is InChI=1S/C21H25NO4/c1-5-18(16-9-6-14(2)7-10-16)22-20(23)13-26-21(24)17-12-15(3)8-11-19(17)25-4/h6-12,18H,5,13H2,1-4H3,(H,22,23)/t18-/m0/s1. The summed E-state index contributed by atoms with van der Waals surface area (Å²) in [5.74, 6) is -0.492. The van der Waals surface area contributed by atoms with Crippen molar-refractivity contribution in [3.05, 3.63) is 64.7 Å². The minimum Gasteiger partial charge on any atom is -0.496 e. The molecular formula is C21H25NO4. The van der Waals surface area contributed by atoms with Gasteiger partial charge in [-0.15, -0.1) is 0 Å². The number of methoxy groups -OCH3 is 1. The zero-order valence-corrected chi connectivity index (χ0v) is 15.7. The number of rotatable bonds is 7. The summed E-state index contributed by atoms with van der Waals surface area (Å²) in [4.78, 5) is 24.5. The second kappa shape index (κ2) is 9.04. The van der Waals surface area contributed by atoms with Crippen LogP contribution < -0.4 is 10.1 Å². The van der Waals surface area contributed by atoms with Crippen LogP contribution in [0.25, 0.3) is 0 Å². The van der Waals surface area contributed by atoms with Crippen molar-refractivity contribution in [3.8, 4) is 5.75 Å². The largest absolute Gasteiger partial charge is 0.496 e. The molecule has 1 atom stereocenters. The van der Waals surface area contributed by atoms with E-state index in [2.05, 4.69) is 5.32 Å². The lowest BCUT2D eigenvalue weighted by Gasteiger charge is -2.18. The van der Waals surface area contributed by atoms with E-state index in [1.807, 2.05) is 51.1 Å². The van der Waals surface area contributed by atoms with E-state index in [9.17, 15) is 9.59 Å². The van der Waals surface area contributed by atoms with Crippen LogP contribution in [0.2, 0.25) is 0 Å². The Morgan fingerprint density at radius 1 is 1.04 bits per heavy atom. The molecule has 2 aromatic carbocycles. The van der Waals surface area contributed by atoms with Crippen molar-refractivity contribution in [2.45, 2.75) is 33.2 Å². The van der Waals surface area contributed by atoms with E-state index in [4.69, 9.17) is 9.47 Å². The smallest absolute Gasteiger partial charge is 0.342 e. The summed E-state index contributed by atoms with van der Waals surface area (Å²) < 4.78 is 10.3. The van der Waals surface area contributed by atoms with Gasteiger partial charge in [-0.3, -0.25) is 4.79 Å². The van der Waals surface area contributed by atoms with Crippen LogP contribution in [0.5, 0.6) is 5.75 Å². The van der Waals surface area contributed by atoms with Crippen LogP contribution in [0.3, 0.4) is 0 Å². The molecule has 2 aromatic rings. The number of ether oxygens (including phenoxy) is 2. The fraction of sp³-hybridized carbons (Fsp3) is 0.333. The molecule has 5 nitrogen and oxygen atoms in total. The quantitative estimate of drug-likeness (QED) is 0.769. The summed E-state index contributed by atoms with van der Waals surface area (Å²) in [7, 11) is 1.49. The van der Waals surface area contributed by atoms with Crippen molar-refractivity contribution in [1.29, 1.82) is 0 Å². The SMILES string of the molecule is CC[C@H](NC(=O)COC(=O)c1cc(C)ccc1OC)c1ccc(C)cc1. The Labute approximate surface area is 154 Å². The van der Waals surface area contributed by atoms with E-state index >= 15 is 0 Å². The van der Waals surface area contributed by atoms with Gasteiger partial charge in [-0.25, -0.2) is 4.79 Å². The van der Waals surface area contributed by atoms with Crippen molar-refractivity contribution < 1.29 is 19.1 Å². The van der Waals surface area contributed by atoms with E-state index in [-0.39, 0.29) is 18.6 Å². The normalized spacial score (nSPS) is 11.5. The summed E-state index contributed by atoms with van der Waals surface area (Å²) >= 11 is 0. The van der Waals surface area contributed by atoms with E-state index in [1.54, 1.807) is 12.1 Å². The van der Waals surface area contributed by atoms with Gasteiger partial charge in [-0.05, 0) is 38.0 Å². The highest BCUT2D eigenvalue weighted by Gasteiger charge is 2.17. The molecule has 0 aliphatic heterocycles. The number of aryl methyl sites for hydroxylation is 2. The van der Waals surface area contributed by atoms with Crippen LogP contribution in [0.1, 0.15) is 46.4 Å². The van der Waals surface area contributed by atoms with Gasteiger partial charge >= 0.3 is 5.97 Å². The third kappa shape index (κ3) is 5.09. The van der Waals surface area contributed by atoms with Gasteiger partial charge in [0.2, 0.25) is 0 Å². The molecule has 26 heavy (non-hydrogen) atoms. The predicted molar refractivity (Wildman–Crippen MR) is 100 cm³/mol. The summed E-state index contributed by atoms with van der Waals surface area (Å²) in [5.41, 5.74) is 3.41. The molecule has 0 bridgehead atoms. The number of esters is 1. The minimum absolute atomic E-state index is 0.115. The highest BCUT2D eigenvalue weighted by Crippen LogP contribution is 2.21. The van der Waals surface area contributed by atoms with Crippen molar-refractivity contribution in [2.75, 3.05) is 13.7 Å². The molecule has 2 rings (SSSR count). The molecular weight excluding hydrogens is 330 g/mol. The van der Waals surface area contributed by atoms with Crippen molar-refractivity contribution in [1.82, 2.24) is 5.32 Å². The number of benzene rings is 2. The fourth-order valence-electron chi connectivity index (χ4n) is 2.65. The molecule has 138 valence electrons. The maximum atomic E-state index is 12.3. The molecule has 0 spiro atoms. The monoisotopic (exact) mass is 355 g/mol. The third-order valence-electron chi connectivity index (χ3n) is 4.13. The first kappa shape index (κ1) is 19.5. The fourth-order valence-corrected chi connectivity index (χ4v) is 2.65. The van der Waals surface area contributed by atoms with Gasteiger partial charge in [0.05, 0.1) is 13.2 Å². The Bertz CT molecular complexity index is 768. The molecule has 0 heterocycles. The van der Waals surface area contributed by atoms with Crippen LogP contribution in [0, 0.1) is 13.8 Å². The minimum atomic E-state index is -0.580. The maximum absolute atomic E-state index is 12.3. The van der Waals surface area contributed by atoms with Crippen LogP contribution in [-0.4, -0.2) is 25.6 Å². The van der Waals surface area contributed by atoms with Crippen molar-refractivity contribution in [2.24, 2.45) is 0 Å². The predicted octanol–water partition coefficient (Wildman–Crippen LogP) is 3.74. The maximum Gasteiger partial charge on any atom is 0.342 e. The molecule has 0 unspecified atom stereocenters. The molecule has 0 aromatic heterocycles. The highest BCUT2D eigenvalue weighted by molar-refractivity contribution is 5.94. The lowest BCUT2D eigenvalue weighted by molar-refractivity contribution is -0.125. The molecule has 0 radical (unpaired) electrons. The van der Waals surface area contributed by atoms with Gasteiger partial charge < -0.3 is 14.8 Å². The molecule has 0 saturated carbocycles. The van der Waals surface area contributed by atoms with Crippen LogP contribution in [0.15, 0.2) is 42.5 Å². The van der Waals surface area contributed by atoms with E-state index in [0.29, 0.717) is 11.3 Å².